The quantitative estimate of drug-likeness (QED) is 0.340. The van der Waals surface area contributed by atoms with Gasteiger partial charge in [0.25, 0.3) is 0 Å². The topological polar surface area (TPSA) is 78.3 Å². The van der Waals surface area contributed by atoms with Crippen LogP contribution in [0.15, 0.2) is 53.9 Å². The molecule has 130 valence electrons. The van der Waals surface area contributed by atoms with Crippen LogP contribution in [0.2, 0.25) is 5.28 Å². The first kappa shape index (κ1) is 16.6. The molecule has 0 aliphatic carbocycles. The van der Waals surface area contributed by atoms with E-state index >= 15 is 0 Å². The smallest absolute Gasteiger partial charge is 0.225 e. The van der Waals surface area contributed by atoms with E-state index in [-0.39, 0.29) is 16.8 Å². The van der Waals surface area contributed by atoms with Crippen LogP contribution in [-0.2, 0) is 6.54 Å². The number of phenols is 2. The fraction of sp³-hybridized carbons (Fsp3) is 0.0526. The molecule has 0 fully saturated rings. The molecule has 0 spiro atoms. The molecule has 0 saturated heterocycles. The highest BCUT2D eigenvalue weighted by Gasteiger charge is 2.15. The normalized spacial score (nSPS) is 11.0. The summed E-state index contributed by atoms with van der Waals surface area (Å²) in [6.45, 7) is 0.417. The summed E-state index contributed by atoms with van der Waals surface area (Å²) in [5.41, 5.74) is 2.92. The van der Waals surface area contributed by atoms with E-state index in [4.69, 9.17) is 11.6 Å². The van der Waals surface area contributed by atoms with Crippen molar-refractivity contribution >= 4 is 39.0 Å². The molecule has 0 atom stereocenters. The van der Waals surface area contributed by atoms with Crippen molar-refractivity contribution in [2.24, 2.45) is 0 Å². The van der Waals surface area contributed by atoms with Crippen LogP contribution < -0.4 is 5.32 Å². The molecule has 0 aliphatic rings. The minimum atomic E-state index is -0.157. The van der Waals surface area contributed by atoms with Gasteiger partial charge < -0.3 is 15.5 Å². The van der Waals surface area contributed by atoms with E-state index in [0.29, 0.717) is 12.4 Å². The molecule has 2 heterocycles. The van der Waals surface area contributed by atoms with Crippen molar-refractivity contribution in [2.75, 3.05) is 5.32 Å². The molecule has 0 bridgehead atoms. The van der Waals surface area contributed by atoms with E-state index in [1.807, 2.05) is 35.7 Å². The molecular formula is C19H14ClN3O2S. The third-order valence-electron chi connectivity index (χ3n) is 3.99. The van der Waals surface area contributed by atoms with Crippen LogP contribution in [0, 0.1) is 0 Å². The van der Waals surface area contributed by atoms with Crippen LogP contribution in [0.3, 0.4) is 0 Å². The SMILES string of the molecule is Oc1ccc(CNc2nc(Cl)nc3scc(-c4ccccc4)c23)cc1O. The number of nitrogens with zero attached hydrogens (tertiary/aromatic N) is 2. The minimum Gasteiger partial charge on any atom is -0.504 e. The lowest BCUT2D eigenvalue weighted by Crippen LogP contribution is -2.03. The molecule has 4 aromatic rings. The van der Waals surface area contributed by atoms with Crippen molar-refractivity contribution in [1.29, 1.82) is 0 Å². The van der Waals surface area contributed by atoms with Crippen LogP contribution in [0.4, 0.5) is 5.82 Å². The Morgan fingerprint density at radius 3 is 2.58 bits per heavy atom. The first-order valence-electron chi connectivity index (χ1n) is 7.86. The van der Waals surface area contributed by atoms with Crippen LogP contribution in [0.5, 0.6) is 11.5 Å². The number of anilines is 1. The minimum absolute atomic E-state index is 0.148. The second-order valence-corrected chi connectivity index (χ2v) is 6.91. The lowest BCUT2D eigenvalue weighted by molar-refractivity contribution is 0.403. The van der Waals surface area contributed by atoms with Gasteiger partial charge in [-0.15, -0.1) is 11.3 Å². The van der Waals surface area contributed by atoms with E-state index in [9.17, 15) is 10.2 Å². The zero-order valence-corrected chi connectivity index (χ0v) is 15.1. The lowest BCUT2D eigenvalue weighted by atomic mass is 10.1. The van der Waals surface area contributed by atoms with E-state index in [1.165, 1.54) is 23.5 Å². The zero-order valence-electron chi connectivity index (χ0n) is 13.5. The molecule has 0 amide bonds. The Hall–Kier alpha value is -2.83. The summed E-state index contributed by atoms with van der Waals surface area (Å²) >= 11 is 7.59. The summed E-state index contributed by atoms with van der Waals surface area (Å²) in [5, 5.41) is 25.5. The van der Waals surface area contributed by atoms with E-state index in [2.05, 4.69) is 15.3 Å². The maximum atomic E-state index is 9.65. The summed E-state index contributed by atoms with van der Waals surface area (Å²) in [5.74, 6) is 0.328. The number of nitrogens with one attached hydrogen (secondary N) is 1. The van der Waals surface area contributed by atoms with Crippen molar-refractivity contribution in [3.8, 4) is 22.6 Å². The fourth-order valence-corrected chi connectivity index (χ4v) is 3.90. The van der Waals surface area contributed by atoms with Crippen molar-refractivity contribution in [2.45, 2.75) is 6.54 Å². The number of rotatable bonds is 4. The maximum Gasteiger partial charge on any atom is 0.225 e. The highest BCUT2D eigenvalue weighted by molar-refractivity contribution is 7.17. The van der Waals surface area contributed by atoms with Gasteiger partial charge in [0.15, 0.2) is 11.5 Å². The van der Waals surface area contributed by atoms with Gasteiger partial charge in [0.1, 0.15) is 10.6 Å². The monoisotopic (exact) mass is 383 g/mol. The molecule has 26 heavy (non-hydrogen) atoms. The maximum absolute atomic E-state index is 9.65. The largest absolute Gasteiger partial charge is 0.504 e. The molecule has 0 saturated carbocycles. The Balaban J connectivity index is 1.74. The Kier molecular flexibility index (Phi) is 4.36. The number of hydrogen-bond donors (Lipinski definition) is 3. The van der Waals surface area contributed by atoms with Gasteiger partial charge in [0.05, 0.1) is 5.39 Å². The highest BCUT2D eigenvalue weighted by Crippen LogP contribution is 2.37. The molecule has 0 aliphatic heterocycles. The molecule has 2 aromatic heterocycles. The predicted octanol–water partition coefficient (Wildman–Crippen LogP) is 5.04. The number of benzene rings is 2. The summed E-state index contributed by atoms with van der Waals surface area (Å²) in [4.78, 5) is 9.48. The molecule has 4 rings (SSSR count). The first-order valence-corrected chi connectivity index (χ1v) is 9.12. The number of fused-ring (bicyclic) bond motifs is 1. The summed E-state index contributed by atoms with van der Waals surface area (Å²) in [6.07, 6.45) is 0. The van der Waals surface area contributed by atoms with Crippen molar-refractivity contribution in [3.05, 3.63) is 64.8 Å². The molecule has 5 nitrogen and oxygen atoms in total. The van der Waals surface area contributed by atoms with Gasteiger partial charge in [0, 0.05) is 17.5 Å². The third kappa shape index (κ3) is 3.16. The van der Waals surface area contributed by atoms with Gasteiger partial charge in [-0.05, 0) is 34.9 Å². The summed E-state index contributed by atoms with van der Waals surface area (Å²) in [7, 11) is 0. The summed E-state index contributed by atoms with van der Waals surface area (Å²) < 4.78 is 0. The van der Waals surface area contributed by atoms with E-state index in [0.717, 1.165) is 26.9 Å². The second kappa shape index (κ2) is 6.82. The van der Waals surface area contributed by atoms with Gasteiger partial charge in [-0.2, -0.15) is 0 Å². The third-order valence-corrected chi connectivity index (χ3v) is 5.03. The van der Waals surface area contributed by atoms with Gasteiger partial charge in [0.2, 0.25) is 5.28 Å². The molecule has 7 heteroatoms. The molecule has 0 unspecified atom stereocenters. The van der Waals surface area contributed by atoms with Crippen LogP contribution in [0.25, 0.3) is 21.3 Å². The highest BCUT2D eigenvalue weighted by atomic mass is 35.5. The average molecular weight is 384 g/mol. The Bertz CT molecular complexity index is 1080. The van der Waals surface area contributed by atoms with Gasteiger partial charge >= 0.3 is 0 Å². The molecule has 0 radical (unpaired) electrons. The fourth-order valence-electron chi connectivity index (χ4n) is 2.74. The Morgan fingerprint density at radius 1 is 1.00 bits per heavy atom. The Labute approximate surface area is 158 Å². The van der Waals surface area contributed by atoms with Gasteiger partial charge in [-0.3, -0.25) is 0 Å². The molecule has 2 aromatic carbocycles. The first-order chi connectivity index (χ1) is 12.6. The number of aromatic nitrogens is 2. The van der Waals surface area contributed by atoms with Crippen molar-refractivity contribution < 1.29 is 10.2 Å². The van der Waals surface area contributed by atoms with Gasteiger partial charge in [-0.25, -0.2) is 9.97 Å². The number of aromatic hydroxyl groups is 2. The standard InChI is InChI=1S/C19H14ClN3O2S/c20-19-22-17(21-9-11-6-7-14(24)15(25)8-11)16-13(10-26-18(16)23-19)12-4-2-1-3-5-12/h1-8,10,24-25H,9H2,(H,21,22,23). The predicted molar refractivity (Wildman–Crippen MR) is 105 cm³/mol. The Morgan fingerprint density at radius 2 is 1.81 bits per heavy atom. The average Bonchev–Trinajstić information content (AvgIpc) is 3.07. The van der Waals surface area contributed by atoms with Crippen molar-refractivity contribution in [1.82, 2.24) is 9.97 Å². The number of hydrogen-bond acceptors (Lipinski definition) is 6. The second-order valence-electron chi connectivity index (χ2n) is 5.71. The zero-order chi connectivity index (χ0) is 18.1. The van der Waals surface area contributed by atoms with Gasteiger partial charge in [-0.1, -0.05) is 36.4 Å². The molecular weight excluding hydrogens is 370 g/mol. The van der Waals surface area contributed by atoms with Crippen LogP contribution in [0.1, 0.15) is 5.56 Å². The van der Waals surface area contributed by atoms with Crippen LogP contribution >= 0.6 is 22.9 Å². The summed E-state index contributed by atoms with van der Waals surface area (Å²) in [6, 6.07) is 14.7. The number of thiophene rings is 1. The molecule has 3 N–H and O–H groups in total. The lowest BCUT2D eigenvalue weighted by Gasteiger charge is -2.10. The van der Waals surface area contributed by atoms with E-state index < -0.39 is 0 Å². The van der Waals surface area contributed by atoms with Crippen molar-refractivity contribution in [3.63, 3.8) is 0 Å². The number of halogens is 1. The van der Waals surface area contributed by atoms with E-state index in [1.54, 1.807) is 6.07 Å². The van der Waals surface area contributed by atoms with Crippen LogP contribution in [-0.4, -0.2) is 20.2 Å². The number of phenolic OH excluding ortho intramolecular Hbond substituents is 2.